The highest BCUT2D eigenvalue weighted by atomic mass is 28.3. The maximum Gasteiger partial charge on any atom is 0.195 e. The lowest BCUT2D eigenvalue weighted by atomic mass is 10.9. The van der Waals surface area contributed by atoms with E-state index in [1.54, 1.807) is 0 Å². The van der Waals surface area contributed by atoms with Crippen LogP contribution in [0, 0.1) is 11.0 Å². The van der Waals surface area contributed by atoms with Crippen molar-refractivity contribution in [3.63, 3.8) is 0 Å². The zero-order chi connectivity index (χ0) is 7.33. The van der Waals surface area contributed by atoms with Gasteiger partial charge in [-0.05, 0) is 12.1 Å². The predicted molar refractivity (Wildman–Crippen MR) is 42.5 cm³/mol. The summed E-state index contributed by atoms with van der Waals surface area (Å²) in [6, 6.07) is 2.01. The first kappa shape index (κ1) is 8.45. The van der Waals surface area contributed by atoms with Crippen LogP contribution in [0.2, 0.25) is 12.1 Å². The molecule has 0 fully saturated rings. The number of hydrogen-bond acceptors (Lipinski definition) is 1. The molecule has 1 nitrogen and oxygen atoms in total. The van der Waals surface area contributed by atoms with Crippen LogP contribution in [0.25, 0.3) is 0 Å². The third-order valence-corrected chi connectivity index (χ3v) is 5.63. The second-order valence-electron chi connectivity index (χ2n) is 2.18. The van der Waals surface area contributed by atoms with Crippen LogP contribution in [0.3, 0.4) is 0 Å². The lowest BCUT2D eigenvalue weighted by Crippen LogP contribution is -2.27. The van der Waals surface area contributed by atoms with Gasteiger partial charge in [0.05, 0.1) is 0 Å². The van der Waals surface area contributed by atoms with Crippen molar-refractivity contribution in [3.8, 4) is 5.69 Å². The summed E-state index contributed by atoms with van der Waals surface area (Å²) >= 11 is 0. The molecule has 0 aromatic heterocycles. The zero-order valence-corrected chi connectivity index (χ0v) is 7.15. The molecular weight excluding hydrogens is 126 g/mol. The van der Waals surface area contributed by atoms with Crippen molar-refractivity contribution in [3.05, 3.63) is 12.3 Å². The molecule has 0 bridgehead atoms. The van der Waals surface area contributed by atoms with Crippen LogP contribution in [0.15, 0.2) is 12.3 Å². The van der Waals surface area contributed by atoms with Crippen molar-refractivity contribution >= 4 is 8.07 Å². The topological polar surface area (TPSA) is 23.8 Å². The molecular formula is C7H13NSi. The second kappa shape index (κ2) is 3.47. The smallest absolute Gasteiger partial charge is 0.195 e. The third kappa shape index (κ3) is 1.69. The van der Waals surface area contributed by atoms with Gasteiger partial charge in [0.15, 0.2) is 8.07 Å². The summed E-state index contributed by atoms with van der Waals surface area (Å²) in [5.74, 6) is 0. The highest BCUT2D eigenvalue weighted by Crippen LogP contribution is 2.13. The van der Waals surface area contributed by atoms with Crippen molar-refractivity contribution in [2.75, 3.05) is 0 Å². The number of hydrogen-bond donors (Lipinski definition) is 0. The van der Waals surface area contributed by atoms with Crippen LogP contribution in [-0.2, 0) is 0 Å². The fraction of sp³-hybridized carbons (Fsp3) is 0.571. The van der Waals surface area contributed by atoms with E-state index in [4.69, 9.17) is 5.26 Å². The largest absolute Gasteiger partial charge is 0.206 e. The highest BCUT2D eigenvalue weighted by Gasteiger charge is 2.24. The van der Waals surface area contributed by atoms with Crippen LogP contribution >= 0.6 is 0 Å². The quantitative estimate of drug-likeness (QED) is 0.550. The van der Waals surface area contributed by atoms with Gasteiger partial charge in [-0.3, -0.25) is 0 Å². The molecule has 0 aliphatic heterocycles. The Bertz CT molecular complexity index is 130. The Morgan fingerprint density at radius 3 is 2.00 bits per heavy atom. The molecule has 2 heteroatoms. The molecule has 0 unspecified atom stereocenters. The van der Waals surface area contributed by atoms with E-state index in [2.05, 4.69) is 26.1 Å². The van der Waals surface area contributed by atoms with Gasteiger partial charge in [0.2, 0.25) is 0 Å². The van der Waals surface area contributed by atoms with E-state index < -0.39 is 8.07 Å². The number of nitrogens with zero attached hydrogens (tertiary/aromatic N) is 1. The van der Waals surface area contributed by atoms with Gasteiger partial charge in [-0.1, -0.05) is 19.5 Å². The van der Waals surface area contributed by atoms with Crippen molar-refractivity contribution in [2.24, 2.45) is 0 Å². The molecule has 0 radical (unpaired) electrons. The molecule has 0 amide bonds. The molecule has 50 valence electrons. The molecule has 0 rings (SSSR count). The summed E-state index contributed by atoms with van der Waals surface area (Å²) in [5, 5.41) is 8.72. The molecule has 0 aliphatic carbocycles. The fourth-order valence-corrected chi connectivity index (χ4v) is 2.23. The zero-order valence-electron chi connectivity index (χ0n) is 6.15. The Kier molecular flexibility index (Phi) is 3.26. The minimum Gasteiger partial charge on any atom is -0.206 e. The Balaban J connectivity index is 4.21. The number of rotatable bonds is 3. The van der Waals surface area contributed by atoms with Crippen molar-refractivity contribution in [1.82, 2.24) is 0 Å². The molecule has 0 aromatic rings. The average molecular weight is 139 g/mol. The Hall–Kier alpha value is -0.553. The summed E-state index contributed by atoms with van der Waals surface area (Å²) in [7, 11) is -1.62. The molecule has 9 heavy (non-hydrogen) atoms. The van der Waals surface area contributed by atoms with Gasteiger partial charge < -0.3 is 0 Å². The SMILES string of the molecule is C=C[Si](C#N)(CC)CC. The maximum absolute atomic E-state index is 8.72. The van der Waals surface area contributed by atoms with E-state index in [1.807, 2.05) is 5.70 Å². The van der Waals surface area contributed by atoms with Gasteiger partial charge in [-0.25, -0.2) is 5.26 Å². The minimum absolute atomic E-state index is 1.00. The van der Waals surface area contributed by atoms with Gasteiger partial charge in [0, 0.05) is 5.69 Å². The predicted octanol–water partition coefficient (Wildman–Crippen LogP) is 2.26. The van der Waals surface area contributed by atoms with Gasteiger partial charge in [0.25, 0.3) is 0 Å². The molecule has 0 saturated heterocycles. The molecule has 0 aromatic carbocycles. The molecule has 0 spiro atoms. The Labute approximate surface area is 58.0 Å². The highest BCUT2D eigenvalue weighted by molar-refractivity contribution is 6.90. The monoisotopic (exact) mass is 139 g/mol. The van der Waals surface area contributed by atoms with E-state index in [-0.39, 0.29) is 0 Å². The van der Waals surface area contributed by atoms with Crippen LogP contribution < -0.4 is 0 Å². The van der Waals surface area contributed by atoms with Gasteiger partial charge in [-0.2, -0.15) is 0 Å². The van der Waals surface area contributed by atoms with Crippen LogP contribution in [-0.4, -0.2) is 8.07 Å². The normalized spacial score (nSPS) is 10.3. The van der Waals surface area contributed by atoms with E-state index >= 15 is 0 Å². The molecule has 0 heterocycles. The summed E-state index contributed by atoms with van der Waals surface area (Å²) < 4.78 is 0. The minimum atomic E-state index is -1.62. The van der Waals surface area contributed by atoms with Gasteiger partial charge in [0.1, 0.15) is 0 Å². The van der Waals surface area contributed by atoms with Gasteiger partial charge in [-0.15, -0.1) is 6.58 Å². The van der Waals surface area contributed by atoms with Crippen LogP contribution in [0.4, 0.5) is 0 Å². The first-order valence-electron chi connectivity index (χ1n) is 3.29. The van der Waals surface area contributed by atoms with E-state index in [0.29, 0.717) is 0 Å². The molecule has 0 N–H and O–H groups in total. The summed E-state index contributed by atoms with van der Waals surface area (Å²) in [6.07, 6.45) is 0. The molecule has 0 atom stereocenters. The second-order valence-corrected chi connectivity index (χ2v) is 6.54. The Morgan fingerprint density at radius 1 is 1.56 bits per heavy atom. The summed E-state index contributed by atoms with van der Waals surface area (Å²) in [6.45, 7) is 7.83. The van der Waals surface area contributed by atoms with Crippen LogP contribution in [0.5, 0.6) is 0 Å². The first-order valence-corrected chi connectivity index (χ1v) is 5.78. The fourth-order valence-electron chi connectivity index (χ4n) is 0.742. The van der Waals surface area contributed by atoms with E-state index in [1.165, 1.54) is 0 Å². The number of nitriles is 1. The summed E-state index contributed by atoms with van der Waals surface area (Å²) in [4.78, 5) is 0. The average Bonchev–Trinajstić information content (AvgIpc) is 1.95. The van der Waals surface area contributed by atoms with Crippen molar-refractivity contribution < 1.29 is 0 Å². The molecule has 0 saturated carbocycles. The van der Waals surface area contributed by atoms with Gasteiger partial charge >= 0.3 is 0 Å². The Morgan fingerprint density at radius 2 is 2.00 bits per heavy atom. The lowest BCUT2D eigenvalue weighted by Gasteiger charge is -2.12. The van der Waals surface area contributed by atoms with E-state index in [9.17, 15) is 0 Å². The first-order chi connectivity index (χ1) is 4.24. The lowest BCUT2D eigenvalue weighted by molar-refractivity contribution is 1.29. The van der Waals surface area contributed by atoms with Crippen LogP contribution in [0.1, 0.15) is 13.8 Å². The summed E-state index contributed by atoms with van der Waals surface area (Å²) in [5.41, 5.74) is 4.27. The van der Waals surface area contributed by atoms with Crippen molar-refractivity contribution in [1.29, 1.82) is 5.26 Å². The standard InChI is InChI=1S/C7H13NSi/c1-4-9(5-2,6-3)7-8/h4H,1,5-6H2,2-3H3. The maximum atomic E-state index is 8.72. The van der Waals surface area contributed by atoms with E-state index in [0.717, 1.165) is 12.1 Å². The van der Waals surface area contributed by atoms with Crippen molar-refractivity contribution in [2.45, 2.75) is 25.9 Å². The molecule has 0 aliphatic rings. The third-order valence-electron chi connectivity index (χ3n) is 1.88.